The highest BCUT2D eigenvalue weighted by Crippen LogP contribution is 2.45. The summed E-state index contributed by atoms with van der Waals surface area (Å²) in [6.45, 7) is 3.43. The van der Waals surface area contributed by atoms with Gasteiger partial charge in [0, 0.05) is 25.7 Å². The topological polar surface area (TPSA) is 263 Å². The van der Waals surface area contributed by atoms with Gasteiger partial charge in [-0.2, -0.15) is 0 Å². The van der Waals surface area contributed by atoms with E-state index >= 15 is 0 Å². The summed E-state index contributed by atoms with van der Waals surface area (Å²) in [5.74, 6) is -2.14. The molecule has 0 saturated carbocycles. The molecule has 0 aliphatic carbocycles. The van der Waals surface area contributed by atoms with Crippen LogP contribution in [-0.2, 0) is 65.4 Å². The lowest BCUT2D eigenvalue weighted by Gasteiger charge is -2.21. The number of ether oxygens (including phenoxy) is 4. The van der Waals surface area contributed by atoms with E-state index in [-0.39, 0.29) is 25.7 Å². The number of aliphatic hydroxyl groups is 1. The van der Waals surface area contributed by atoms with Crippen molar-refractivity contribution in [1.29, 1.82) is 0 Å². The van der Waals surface area contributed by atoms with Gasteiger partial charge in [-0.3, -0.25) is 37.3 Å². The Kier molecular flexibility index (Phi) is 63.3. The Morgan fingerprint density at radius 2 is 0.506 bits per heavy atom. The number of unbranched alkanes of at least 4 members (excludes halogenated alkanes) is 44. The predicted octanol–water partition coefficient (Wildman–Crippen LogP) is 18.8. The Hall–Kier alpha value is -1.98. The number of carbonyl (C=O) groups is 4. The lowest BCUT2D eigenvalue weighted by molar-refractivity contribution is -0.161. The monoisotopic (exact) mass is 1310 g/mol. The Balaban J connectivity index is 5.24. The standard InChI is InChI=1S/C69H135NO17P2/c1-4-7-10-13-16-19-22-25-28-32-37-42-47-52-66(72)80-59-64(86-68(74)54-49-44-39-33-29-26-23-20-17-14-11-8-5-2)61-84-88(76,77)82-57-63(71)58-83-89(78,79)85-62-65(60-81-67(73)53-48-43-38-35-31-36-41-46-51-56-70)87-69(75)55-50-45-40-34-30-27-24-21-18-15-12-9-6-3/h63-65,71H,4-62,70H2,1-3H3,(H,76,77)(H,78,79)/t63?,64-,65-/m1/s1. The van der Waals surface area contributed by atoms with Crippen LogP contribution in [0.15, 0.2) is 0 Å². The van der Waals surface area contributed by atoms with Gasteiger partial charge in [-0.1, -0.05) is 297 Å². The number of hydrogen-bond acceptors (Lipinski definition) is 16. The first-order valence-electron chi connectivity index (χ1n) is 36.5. The summed E-state index contributed by atoms with van der Waals surface area (Å²) < 4.78 is 68.2. The van der Waals surface area contributed by atoms with Gasteiger partial charge in [0.25, 0.3) is 0 Å². The molecule has 0 aromatic carbocycles. The smallest absolute Gasteiger partial charge is 0.462 e. The highest BCUT2D eigenvalue weighted by Gasteiger charge is 2.30. The molecule has 0 bridgehead atoms. The van der Waals surface area contributed by atoms with E-state index in [2.05, 4.69) is 20.8 Å². The Bertz CT molecular complexity index is 1710. The van der Waals surface area contributed by atoms with Crippen molar-refractivity contribution >= 4 is 39.5 Å². The van der Waals surface area contributed by atoms with Gasteiger partial charge in [0.05, 0.1) is 26.4 Å². The maximum atomic E-state index is 13.0. The summed E-state index contributed by atoms with van der Waals surface area (Å²) in [5.41, 5.74) is 5.58. The number of esters is 4. The molecule has 5 atom stereocenters. The first-order chi connectivity index (χ1) is 43.2. The molecule has 0 fully saturated rings. The van der Waals surface area contributed by atoms with E-state index in [9.17, 15) is 43.2 Å². The van der Waals surface area contributed by atoms with Crippen LogP contribution in [0.3, 0.4) is 0 Å². The summed E-state index contributed by atoms with van der Waals surface area (Å²) in [7, 11) is -9.90. The zero-order valence-electron chi connectivity index (χ0n) is 57.0. The van der Waals surface area contributed by atoms with Gasteiger partial charge in [-0.05, 0) is 38.6 Å². The van der Waals surface area contributed by atoms with Crippen molar-refractivity contribution in [3.63, 3.8) is 0 Å². The molecule has 0 radical (unpaired) electrons. The third-order valence-electron chi connectivity index (χ3n) is 16.2. The van der Waals surface area contributed by atoms with Gasteiger partial charge >= 0.3 is 39.5 Å². The van der Waals surface area contributed by atoms with E-state index in [0.717, 1.165) is 122 Å². The quantitative estimate of drug-likeness (QED) is 0.0191. The van der Waals surface area contributed by atoms with Crippen molar-refractivity contribution in [2.45, 2.75) is 373 Å². The Labute approximate surface area is 542 Å². The van der Waals surface area contributed by atoms with Crippen molar-refractivity contribution in [2.24, 2.45) is 5.73 Å². The number of aliphatic hydroxyl groups excluding tert-OH is 1. The minimum atomic E-state index is -4.95. The summed E-state index contributed by atoms with van der Waals surface area (Å²) in [4.78, 5) is 72.5. The van der Waals surface area contributed by atoms with E-state index in [1.807, 2.05) is 0 Å². The molecule has 0 spiro atoms. The Morgan fingerprint density at radius 1 is 0.303 bits per heavy atom. The van der Waals surface area contributed by atoms with E-state index in [1.165, 1.54) is 167 Å². The molecule has 0 aromatic heterocycles. The van der Waals surface area contributed by atoms with Gasteiger partial charge in [0.2, 0.25) is 0 Å². The summed E-state index contributed by atoms with van der Waals surface area (Å²) >= 11 is 0. The van der Waals surface area contributed by atoms with Gasteiger partial charge in [0.1, 0.15) is 19.3 Å². The van der Waals surface area contributed by atoms with Crippen LogP contribution in [0, 0.1) is 0 Å². The van der Waals surface area contributed by atoms with Crippen molar-refractivity contribution in [1.82, 2.24) is 0 Å². The zero-order valence-corrected chi connectivity index (χ0v) is 58.8. The average Bonchev–Trinajstić information content (AvgIpc) is 3.73. The van der Waals surface area contributed by atoms with Crippen LogP contribution in [0.4, 0.5) is 0 Å². The molecule has 89 heavy (non-hydrogen) atoms. The number of hydrogen-bond donors (Lipinski definition) is 4. The molecule has 0 amide bonds. The van der Waals surface area contributed by atoms with Crippen molar-refractivity contribution in [3.05, 3.63) is 0 Å². The molecule has 0 aromatic rings. The first kappa shape index (κ1) is 87.0. The molecule has 5 N–H and O–H groups in total. The highest BCUT2D eigenvalue weighted by molar-refractivity contribution is 7.47. The molecular formula is C69H135NO17P2. The fourth-order valence-electron chi connectivity index (χ4n) is 10.6. The number of rotatable bonds is 71. The van der Waals surface area contributed by atoms with Crippen LogP contribution in [0.1, 0.15) is 355 Å². The summed E-state index contributed by atoms with van der Waals surface area (Å²) in [5, 5.41) is 10.6. The van der Waals surface area contributed by atoms with E-state index < -0.39 is 97.5 Å². The molecule has 0 rings (SSSR count). The largest absolute Gasteiger partial charge is 0.472 e. The van der Waals surface area contributed by atoms with Gasteiger partial charge in [0.15, 0.2) is 12.2 Å². The minimum Gasteiger partial charge on any atom is -0.462 e. The molecule has 528 valence electrons. The van der Waals surface area contributed by atoms with E-state index in [4.69, 9.17) is 42.8 Å². The zero-order chi connectivity index (χ0) is 65.4. The van der Waals surface area contributed by atoms with Crippen molar-refractivity contribution in [2.75, 3.05) is 46.2 Å². The third-order valence-corrected chi connectivity index (χ3v) is 18.1. The van der Waals surface area contributed by atoms with Crippen LogP contribution in [0.25, 0.3) is 0 Å². The Morgan fingerprint density at radius 3 is 0.742 bits per heavy atom. The summed E-state index contributed by atoms with van der Waals surface area (Å²) in [6, 6.07) is 0. The SMILES string of the molecule is CCCCCCCCCCCCCCCC(=O)OC[C@H](COP(=O)(O)OCC(O)COP(=O)(O)OC[C@@H](COC(=O)CCCCCCCCCCCN)OC(=O)CCCCCCCCCCCCCCC)OC(=O)CCCCCCCCCCCCCCC. The normalized spacial score (nSPS) is 14.0. The van der Waals surface area contributed by atoms with Crippen LogP contribution in [0.2, 0.25) is 0 Å². The van der Waals surface area contributed by atoms with Crippen LogP contribution >= 0.6 is 15.6 Å². The van der Waals surface area contributed by atoms with Crippen LogP contribution in [-0.4, -0.2) is 103 Å². The second kappa shape index (κ2) is 64.7. The van der Waals surface area contributed by atoms with E-state index in [1.54, 1.807) is 0 Å². The fraction of sp³-hybridized carbons (Fsp3) is 0.942. The molecule has 18 nitrogen and oxygen atoms in total. The second-order valence-electron chi connectivity index (χ2n) is 25.1. The minimum absolute atomic E-state index is 0.103. The fourth-order valence-corrected chi connectivity index (χ4v) is 12.2. The molecule has 0 aliphatic rings. The van der Waals surface area contributed by atoms with Crippen LogP contribution < -0.4 is 5.73 Å². The van der Waals surface area contributed by atoms with Gasteiger partial charge in [-0.15, -0.1) is 0 Å². The number of phosphoric ester groups is 2. The molecule has 3 unspecified atom stereocenters. The number of nitrogens with two attached hydrogens (primary N) is 1. The van der Waals surface area contributed by atoms with Gasteiger partial charge < -0.3 is 39.6 Å². The summed E-state index contributed by atoms with van der Waals surface area (Å²) in [6.07, 6.45) is 50.5. The van der Waals surface area contributed by atoms with Gasteiger partial charge in [-0.25, -0.2) is 9.13 Å². The maximum absolute atomic E-state index is 13.0. The molecular weight excluding hydrogens is 1180 g/mol. The average molecular weight is 1310 g/mol. The molecule has 0 saturated heterocycles. The first-order valence-corrected chi connectivity index (χ1v) is 39.5. The lowest BCUT2D eigenvalue weighted by atomic mass is 10.0. The second-order valence-corrected chi connectivity index (χ2v) is 28.0. The predicted molar refractivity (Wildman–Crippen MR) is 357 cm³/mol. The molecule has 0 heterocycles. The third kappa shape index (κ3) is 64.5. The number of carbonyl (C=O) groups excluding carboxylic acids is 4. The molecule has 20 heteroatoms. The lowest BCUT2D eigenvalue weighted by Crippen LogP contribution is -2.30. The van der Waals surface area contributed by atoms with E-state index in [0.29, 0.717) is 25.7 Å². The number of phosphoric acid groups is 2. The van der Waals surface area contributed by atoms with Crippen molar-refractivity contribution < 1.29 is 80.2 Å². The van der Waals surface area contributed by atoms with Crippen molar-refractivity contribution in [3.8, 4) is 0 Å². The van der Waals surface area contributed by atoms with Crippen LogP contribution in [0.5, 0.6) is 0 Å². The maximum Gasteiger partial charge on any atom is 0.472 e. The highest BCUT2D eigenvalue weighted by atomic mass is 31.2. The molecule has 0 aliphatic heterocycles.